The number of aryl methyl sites for hydroxylation is 1. The van der Waals surface area contributed by atoms with E-state index in [9.17, 15) is 8.42 Å². The summed E-state index contributed by atoms with van der Waals surface area (Å²) in [5.74, 6) is 0.154. The number of thiophene rings is 1. The number of hydrogen-bond acceptors (Lipinski definition) is 4. The van der Waals surface area contributed by atoms with Crippen LogP contribution in [0.15, 0.2) is 40.6 Å². The average Bonchev–Trinajstić information content (AvgIpc) is 2.92. The van der Waals surface area contributed by atoms with Crippen molar-refractivity contribution >= 4 is 27.0 Å². The fourth-order valence-corrected chi connectivity index (χ4v) is 4.43. The number of anilines is 1. The van der Waals surface area contributed by atoms with E-state index < -0.39 is 10.0 Å². The van der Waals surface area contributed by atoms with Crippen LogP contribution in [0.5, 0.6) is 0 Å². The van der Waals surface area contributed by atoms with Gasteiger partial charge in [-0.2, -0.15) is 0 Å². The summed E-state index contributed by atoms with van der Waals surface area (Å²) in [6, 6.07) is 8.44. The lowest BCUT2D eigenvalue weighted by molar-refractivity contribution is 0.469. The van der Waals surface area contributed by atoms with Crippen molar-refractivity contribution in [3.63, 3.8) is 0 Å². The minimum Gasteiger partial charge on any atom is -0.398 e. The molecule has 21 heavy (non-hydrogen) atoms. The summed E-state index contributed by atoms with van der Waals surface area (Å²) in [6.07, 6.45) is 0. The van der Waals surface area contributed by atoms with Gasteiger partial charge in [0.2, 0.25) is 10.0 Å². The van der Waals surface area contributed by atoms with Crippen LogP contribution >= 0.6 is 11.3 Å². The molecule has 114 valence electrons. The third kappa shape index (κ3) is 3.64. The van der Waals surface area contributed by atoms with Crippen LogP contribution in [0.4, 0.5) is 5.69 Å². The van der Waals surface area contributed by atoms with Crippen LogP contribution in [0.2, 0.25) is 0 Å². The maximum Gasteiger partial charge on any atom is 0.241 e. The van der Waals surface area contributed by atoms with Gasteiger partial charge in [-0.3, -0.25) is 0 Å². The second kappa shape index (κ2) is 6.17. The fourth-order valence-electron chi connectivity index (χ4n) is 2.01. The van der Waals surface area contributed by atoms with E-state index in [1.54, 1.807) is 23.5 Å². The summed E-state index contributed by atoms with van der Waals surface area (Å²) in [6.45, 7) is 5.84. The van der Waals surface area contributed by atoms with Crippen molar-refractivity contribution < 1.29 is 8.42 Å². The smallest absolute Gasteiger partial charge is 0.241 e. The number of benzene rings is 1. The van der Waals surface area contributed by atoms with Gasteiger partial charge in [-0.15, -0.1) is 11.3 Å². The monoisotopic (exact) mass is 324 g/mol. The van der Waals surface area contributed by atoms with Crippen LogP contribution in [0, 0.1) is 12.8 Å². The number of rotatable bonds is 5. The molecule has 0 saturated heterocycles. The SMILES string of the molecule is Cc1ccc(S(=O)(=O)NC(c2cccs2)C(C)C)cc1N. The predicted octanol–water partition coefficient (Wildman–Crippen LogP) is 3.31. The van der Waals surface area contributed by atoms with Gasteiger partial charge in [0, 0.05) is 10.6 Å². The van der Waals surface area contributed by atoms with Crippen molar-refractivity contribution in [2.45, 2.75) is 31.7 Å². The van der Waals surface area contributed by atoms with Crippen LogP contribution in [0.1, 0.15) is 30.3 Å². The summed E-state index contributed by atoms with van der Waals surface area (Å²) >= 11 is 1.55. The van der Waals surface area contributed by atoms with Crippen molar-refractivity contribution in [3.8, 4) is 0 Å². The zero-order valence-corrected chi connectivity index (χ0v) is 14.0. The highest BCUT2D eigenvalue weighted by Gasteiger charge is 2.24. The van der Waals surface area contributed by atoms with Crippen LogP contribution in [-0.2, 0) is 10.0 Å². The van der Waals surface area contributed by atoms with Gasteiger partial charge in [-0.25, -0.2) is 13.1 Å². The highest BCUT2D eigenvalue weighted by molar-refractivity contribution is 7.89. The van der Waals surface area contributed by atoms with Crippen molar-refractivity contribution in [1.82, 2.24) is 4.72 Å². The van der Waals surface area contributed by atoms with Crippen LogP contribution in [-0.4, -0.2) is 8.42 Å². The number of nitrogen functional groups attached to an aromatic ring is 1. The van der Waals surface area contributed by atoms with Gasteiger partial charge in [0.1, 0.15) is 0 Å². The van der Waals surface area contributed by atoms with E-state index in [1.165, 1.54) is 6.07 Å². The largest absolute Gasteiger partial charge is 0.398 e. The molecule has 0 saturated carbocycles. The summed E-state index contributed by atoms with van der Waals surface area (Å²) in [4.78, 5) is 1.21. The van der Waals surface area contributed by atoms with E-state index in [2.05, 4.69) is 4.72 Å². The first-order valence-electron chi connectivity index (χ1n) is 6.73. The third-order valence-electron chi connectivity index (χ3n) is 3.36. The molecule has 6 heteroatoms. The second-order valence-corrected chi connectivity index (χ2v) is 8.07. The van der Waals surface area contributed by atoms with E-state index in [-0.39, 0.29) is 16.9 Å². The number of nitrogens with one attached hydrogen (secondary N) is 1. The Morgan fingerprint density at radius 2 is 1.95 bits per heavy atom. The lowest BCUT2D eigenvalue weighted by Crippen LogP contribution is -2.31. The topological polar surface area (TPSA) is 72.2 Å². The molecule has 0 amide bonds. The maximum absolute atomic E-state index is 12.5. The Balaban J connectivity index is 2.32. The Kier molecular flexibility index (Phi) is 4.70. The number of sulfonamides is 1. The van der Waals surface area contributed by atoms with Gasteiger partial charge in [0.05, 0.1) is 10.9 Å². The quantitative estimate of drug-likeness (QED) is 0.829. The molecule has 0 aliphatic heterocycles. The molecule has 2 aromatic rings. The zero-order chi connectivity index (χ0) is 15.6. The van der Waals surface area contributed by atoms with Crippen molar-refractivity contribution in [2.75, 3.05) is 5.73 Å². The predicted molar refractivity (Wildman–Crippen MR) is 87.8 cm³/mol. The van der Waals surface area contributed by atoms with Crippen LogP contribution in [0.25, 0.3) is 0 Å². The molecule has 1 heterocycles. The lowest BCUT2D eigenvalue weighted by Gasteiger charge is -2.21. The van der Waals surface area contributed by atoms with E-state index in [4.69, 9.17) is 5.73 Å². The zero-order valence-electron chi connectivity index (χ0n) is 12.3. The second-order valence-electron chi connectivity index (χ2n) is 5.38. The van der Waals surface area contributed by atoms with Gasteiger partial charge in [-0.1, -0.05) is 26.0 Å². The molecule has 1 aromatic carbocycles. The van der Waals surface area contributed by atoms with E-state index in [0.29, 0.717) is 5.69 Å². The molecule has 2 rings (SSSR count). The molecule has 0 fully saturated rings. The fraction of sp³-hybridized carbons (Fsp3) is 0.333. The molecule has 0 bridgehead atoms. The van der Waals surface area contributed by atoms with Gasteiger partial charge >= 0.3 is 0 Å². The summed E-state index contributed by atoms with van der Waals surface area (Å²) in [5.41, 5.74) is 7.16. The summed E-state index contributed by atoms with van der Waals surface area (Å²) in [7, 11) is -3.59. The summed E-state index contributed by atoms with van der Waals surface area (Å²) in [5, 5.41) is 1.95. The first-order chi connectivity index (χ1) is 9.81. The van der Waals surface area contributed by atoms with Gasteiger partial charge in [-0.05, 0) is 42.0 Å². The Labute approximate surface area is 130 Å². The first-order valence-corrected chi connectivity index (χ1v) is 9.09. The first kappa shape index (κ1) is 16.0. The highest BCUT2D eigenvalue weighted by Crippen LogP contribution is 2.28. The van der Waals surface area contributed by atoms with Crippen molar-refractivity contribution in [1.29, 1.82) is 0 Å². The van der Waals surface area contributed by atoms with E-state index >= 15 is 0 Å². The molecule has 1 aromatic heterocycles. The standard InChI is InChI=1S/C15H20N2O2S2/c1-10(2)15(14-5-4-8-20-14)17-21(18,19)12-7-6-11(3)13(16)9-12/h4-10,15,17H,16H2,1-3H3. The number of nitrogens with two attached hydrogens (primary N) is 1. The third-order valence-corrected chi connectivity index (χ3v) is 5.75. The molecule has 0 aliphatic carbocycles. The van der Waals surface area contributed by atoms with Crippen molar-refractivity contribution in [3.05, 3.63) is 46.2 Å². The van der Waals surface area contributed by atoms with Crippen molar-refractivity contribution in [2.24, 2.45) is 5.92 Å². The Morgan fingerprint density at radius 1 is 1.24 bits per heavy atom. The Morgan fingerprint density at radius 3 is 2.48 bits per heavy atom. The minimum atomic E-state index is -3.59. The molecule has 1 atom stereocenters. The average molecular weight is 324 g/mol. The molecule has 3 N–H and O–H groups in total. The molecule has 0 radical (unpaired) electrons. The Bertz CT molecular complexity index is 707. The Hall–Kier alpha value is -1.37. The highest BCUT2D eigenvalue weighted by atomic mass is 32.2. The van der Waals surface area contributed by atoms with Gasteiger partial charge in [0.15, 0.2) is 0 Å². The molecular weight excluding hydrogens is 304 g/mol. The molecule has 1 unspecified atom stereocenters. The minimum absolute atomic E-state index is 0.154. The molecule has 0 spiro atoms. The van der Waals surface area contributed by atoms with Gasteiger partial charge in [0.25, 0.3) is 0 Å². The molecular formula is C15H20N2O2S2. The van der Waals surface area contributed by atoms with Crippen LogP contribution in [0.3, 0.4) is 0 Å². The maximum atomic E-state index is 12.5. The number of hydrogen-bond donors (Lipinski definition) is 2. The molecule has 0 aliphatic rings. The summed E-state index contributed by atoms with van der Waals surface area (Å²) < 4.78 is 27.9. The normalized spacial score (nSPS) is 13.5. The lowest BCUT2D eigenvalue weighted by atomic mass is 10.0. The molecule has 4 nitrogen and oxygen atoms in total. The van der Waals surface area contributed by atoms with Gasteiger partial charge < -0.3 is 5.73 Å². The van der Waals surface area contributed by atoms with Crippen LogP contribution < -0.4 is 10.5 Å². The van der Waals surface area contributed by atoms with E-state index in [1.807, 2.05) is 38.3 Å². The van der Waals surface area contributed by atoms with E-state index in [0.717, 1.165) is 10.4 Å².